The first-order chi connectivity index (χ1) is 17.4. The highest BCUT2D eigenvalue weighted by molar-refractivity contribution is 7.80. The van der Waals surface area contributed by atoms with E-state index in [1.165, 1.54) is 0 Å². The van der Waals surface area contributed by atoms with Gasteiger partial charge in [0.15, 0.2) is 10.2 Å². The molecule has 1 aliphatic rings. The van der Waals surface area contributed by atoms with Crippen molar-refractivity contribution >= 4 is 58.0 Å². The molecule has 192 valence electrons. The quantitative estimate of drug-likeness (QED) is 0.287. The summed E-state index contributed by atoms with van der Waals surface area (Å²) in [5.41, 5.74) is 2.63. The number of benzene rings is 2. The average molecular weight is 529 g/mol. The van der Waals surface area contributed by atoms with Crippen LogP contribution in [0.15, 0.2) is 48.5 Å². The molecule has 4 N–H and O–H groups in total. The summed E-state index contributed by atoms with van der Waals surface area (Å²) < 4.78 is 10.0. The first kappa shape index (κ1) is 27.3. The Labute approximate surface area is 222 Å². The Morgan fingerprint density at radius 2 is 1.03 bits per heavy atom. The lowest BCUT2D eigenvalue weighted by Crippen LogP contribution is -2.45. The van der Waals surface area contributed by atoms with Crippen molar-refractivity contribution in [2.75, 3.05) is 23.8 Å². The van der Waals surface area contributed by atoms with Crippen molar-refractivity contribution in [2.45, 2.75) is 51.6 Å². The third-order valence-electron chi connectivity index (χ3n) is 5.71. The molecular formula is C26H32N4O4S2. The number of hydrogen-bond acceptors (Lipinski definition) is 6. The zero-order valence-electron chi connectivity index (χ0n) is 20.5. The fraction of sp³-hybridized carbons (Fsp3) is 0.385. The van der Waals surface area contributed by atoms with Crippen molar-refractivity contribution in [3.05, 3.63) is 59.7 Å². The number of thiocarbonyl (C=S) groups is 2. The van der Waals surface area contributed by atoms with Gasteiger partial charge in [-0.25, -0.2) is 9.59 Å². The number of ether oxygens (including phenoxy) is 2. The van der Waals surface area contributed by atoms with Crippen molar-refractivity contribution in [1.82, 2.24) is 10.6 Å². The first-order valence-corrected chi connectivity index (χ1v) is 12.9. The Balaban J connectivity index is 1.37. The Kier molecular flexibility index (Phi) is 10.4. The van der Waals surface area contributed by atoms with Crippen LogP contribution in [0.4, 0.5) is 11.4 Å². The molecule has 0 spiro atoms. The topological polar surface area (TPSA) is 101 Å². The maximum absolute atomic E-state index is 11.8. The van der Waals surface area contributed by atoms with E-state index in [4.69, 9.17) is 33.9 Å². The van der Waals surface area contributed by atoms with E-state index in [1.807, 2.05) is 0 Å². The SMILES string of the molecule is CCOC(=O)c1ccc(NC(=S)NC2CCC(NC(=S)Nc3ccc(C(=O)OCC)cc3)CC2)cc1. The molecule has 10 heteroatoms. The number of carbonyl (C=O) groups is 2. The van der Waals surface area contributed by atoms with E-state index in [-0.39, 0.29) is 24.0 Å². The van der Waals surface area contributed by atoms with Crippen molar-refractivity contribution in [2.24, 2.45) is 0 Å². The van der Waals surface area contributed by atoms with E-state index in [1.54, 1.807) is 62.4 Å². The minimum atomic E-state index is -0.336. The summed E-state index contributed by atoms with van der Waals surface area (Å²) in [6.45, 7) is 4.25. The third-order valence-corrected chi connectivity index (χ3v) is 6.15. The molecule has 0 aromatic heterocycles. The molecule has 0 bridgehead atoms. The molecule has 8 nitrogen and oxygen atoms in total. The molecule has 0 atom stereocenters. The summed E-state index contributed by atoms with van der Waals surface area (Å²) in [5.74, 6) is -0.673. The largest absolute Gasteiger partial charge is 0.462 e. The molecule has 0 saturated heterocycles. The lowest BCUT2D eigenvalue weighted by atomic mass is 9.91. The molecule has 0 aliphatic heterocycles. The summed E-state index contributed by atoms with van der Waals surface area (Å²) in [4.78, 5) is 23.5. The maximum atomic E-state index is 11.8. The summed E-state index contributed by atoms with van der Waals surface area (Å²) in [6, 6.07) is 14.6. The molecule has 3 rings (SSSR count). The van der Waals surface area contributed by atoms with Gasteiger partial charge in [0.1, 0.15) is 0 Å². The number of rotatable bonds is 8. The first-order valence-electron chi connectivity index (χ1n) is 12.1. The van der Waals surface area contributed by atoms with Crippen LogP contribution in [0, 0.1) is 0 Å². The van der Waals surface area contributed by atoms with Gasteiger partial charge in [0.05, 0.1) is 24.3 Å². The fourth-order valence-electron chi connectivity index (χ4n) is 3.90. The van der Waals surface area contributed by atoms with Crippen LogP contribution in [-0.2, 0) is 9.47 Å². The highest BCUT2D eigenvalue weighted by atomic mass is 32.1. The molecule has 0 heterocycles. The van der Waals surface area contributed by atoms with E-state index >= 15 is 0 Å². The number of nitrogens with one attached hydrogen (secondary N) is 4. The minimum Gasteiger partial charge on any atom is -0.462 e. The average Bonchev–Trinajstić information content (AvgIpc) is 2.86. The Bertz CT molecular complexity index is 967. The van der Waals surface area contributed by atoms with Gasteiger partial charge in [-0.2, -0.15) is 0 Å². The molecular weight excluding hydrogens is 496 g/mol. The molecule has 1 saturated carbocycles. The van der Waals surface area contributed by atoms with Crippen molar-refractivity contribution in [3.8, 4) is 0 Å². The van der Waals surface area contributed by atoms with Gasteiger partial charge in [-0.05, 0) is 112 Å². The van der Waals surface area contributed by atoms with E-state index in [0.29, 0.717) is 34.6 Å². The molecule has 0 radical (unpaired) electrons. The normalized spacial score (nSPS) is 16.8. The predicted octanol–water partition coefficient (Wildman–Crippen LogP) is 4.62. The second-order valence-corrected chi connectivity index (χ2v) is 9.16. The second-order valence-electron chi connectivity index (χ2n) is 8.34. The Morgan fingerprint density at radius 1 is 0.694 bits per heavy atom. The summed E-state index contributed by atoms with van der Waals surface area (Å²) in [5, 5.41) is 14.2. The van der Waals surface area contributed by atoms with Crippen molar-refractivity contribution in [3.63, 3.8) is 0 Å². The molecule has 2 aromatic carbocycles. The van der Waals surface area contributed by atoms with Gasteiger partial charge in [0.2, 0.25) is 0 Å². The monoisotopic (exact) mass is 528 g/mol. The number of anilines is 2. The van der Waals surface area contributed by atoms with Gasteiger partial charge in [-0.15, -0.1) is 0 Å². The van der Waals surface area contributed by atoms with Crippen LogP contribution >= 0.6 is 24.4 Å². The summed E-state index contributed by atoms with van der Waals surface area (Å²) in [7, 11) is 0. The lowest BCUT2D eigenvalue weighted by Gasteiger charge is -2.31. The molecule has 0 unspecified atom stereocenters. The smallest absolute Gasteiger partial charge is 0.338 e. The molecule has 2 aromatic rings. The molecule has 0 amide bonds. The van der Waals surface area contributed by atoms with Gasteiger partial charge in [-0.1, -0.05) is 0 Å². The van der Waals surface area contributed by atoms with Crippen LogP contribution in [0.25, 0.3) is 0 Å². The Hall–Kier alpha value is -3.24. The van der Waals surface area contributed by atoms with Crippen LogP contribution in [-0.4, -0.2) is 47.5 Å². The highest BCUT2D eigenvalue weighted by Crippen LogP contribution is 2.20. The maximum Gasteiger partial charge on any atom is 0.338 e. The number of esters is 2. The zero-order chi connectivity index (χ0) is 25.9. The molecule has 1 aliphatic carbocycles. The van der Waals surface area contributed by atoms with Crippen LogP contribution in [0.5, 0.6) is 0 Å². The van der Waals surface area contributed by atoms with Crippen LogP contribution in [0.3, 0.4) is 0 Å². The van der Waals surface area contributed by atoms with E-state index in [2.05, 4.69) is 21.3 Å². The van der Waals surface area contributed by atoms with Crippen LogP contribution in [0.2, 0.25) is 0 Å². The number of carbonyl (C=O) groups excluding carboxylic acids is 2. The summed E-state index contributed by atoms with van der Waals surface area (Å²) in [6.07, 6.45) is 3.83. The van der Waals surface area contributed by atoms with Crippen molar-refractivity contribution < 1.29 is 19.1 Å². The highest BCUT2D eigenvalue weighted by Gasteiger charge is 2.22. The predicted molar refractivity (Wildman–Crippen MR) is 150 cm³/mol. The van der Waals surface area contributed by atoms with E-state index in [0.717, 1.165) is 37.1 Å². The van der Waals surface area contributed by atoms with Gasteiger partial charge in [-0.3, -0.25) is 0 Å². The van der Waals surface area contributed by atoms with E-state index < -0.39 is 0 Å². The molecule has 36 heavy (non-hydrogen) atoms. The van der Waals surface area contributed by atoms with Crippen molar-refractivity contribution in [1.29, 1.82) is 0 Å². The molecule has 1 fully saturated rings. The minimum absolute atomic E-state index is 0.277. The fourth-order valence-corrected chi connectivity index (χ4v) is 4.46. The Morgan fingerprint density at radius 3 is 1.33 bits per heavy atom. The second kappa shape index (κ2) is 13.7. The standard InChI is InChI=1S/C26H32N4O4S2/c1-3-33-23(31)17-5-9-19(10-6-17)27-25(35)29-21-13-15-22(16-14-21)30-26(36)28-20-11-7-18(8-12-20)24(32)34-4-2/h5-12,21-22H,3-4,13-16H2,1-2H3,(H2,27,29,35)(H2,28,30,36). The van der Waals surface area contributed by atoms with Gasteiger partial charge < -0.3 is 30.7 Å². The zero-order valence-corrected chi connectivity index (χ0v) is 22.1. The lowest BCUT2D eigenvalue weighted by molar-refractivity contribution is 0.0517. The van der Waals surface area contributed by atoms with Gasteiger partial charge >= 0.3 is 11.9 Å². The van der Waals surface area contributed by atoms with Crippen LogP contribution < -0.4 is 21.3 Å². The number of hydrogen-bond donors (Lipinski definition) is 4. The van der Waals surface area contributed by atoms with Crippen LogP contribution in [0.1, 0.15) is 60.2 Å². The van der Waals surface area contributed by atoms with Gasteiger partial charge in [0.25, 0.3) is 0 Å². The summed E-state index contributed by atoms with van der Waals surface area (Å²) >= 11 is 10.9. The third kappa shape index (κ3) is 8.46. The van der Waals surface area contributed by atoms with Gasteiger partial charge in [0, 0.05) is 23.5 Å². The van der Waals surface area contributed by atoms with E-state index in [9.17, 15) is 9.59 Å².